The van der Waals surface area contributed by atoms with E-state index in [9.17, 15) is 0 Å². The van der Waals surface area contributed by atoms with Crippen LogP contribution in [-0.2, 0) is 4.74 Å². The molecule has 2 aliphatic rings. The first-order valence-electron chi connectivity index (χ1n) is 5.13. The molecular formula is C11H18N2O. The summed E-state index contributed by atoms with van der Waals surface area (Å²) in [5, 5.41) is 3.24. The molecule has 0 bridgehead atoms. The van der Waals surface area contributed by atoms with Crippen molar-refractivity contribution < 1.29 is 4.74 Å². The summed E-state index contributed by atoms with van der Waals surface area (Å²) in [6, 6.07) is 0.400. The minimum Gasteiger partial charge on any atom is -0.478 e. The van der Waals surface area contributed by atoms with Gasteiger partial charge in [-0.3, -0.25) is 4.90 Å². The maximum Gasteiger partial charge on any atom is 0.149 e. The zero-order chi connectivity index (χ0) is 10.3. The van der Waals surface area contributed by atoms with Crippen LogP contribution >= 0.6 is 0 Å². The summed E-state index contributed by atoms with van der Waals surface area (Å²) in [6.45, 7) is 4.32. The molecule has 0 aromatic rings. The van der Waals surface area contributed by atoms with Crippen molar-refractivity contribution in [3.63, 3.8) is 0 Å². The molecule has 0 amide bonds. The molecule has 78 valence electrons. The molecule has 0 saturated carbocycles. The molecule has 1 aliphatic carbocycles. The molecule has 0 aromatic heterocycles. The van der Waals surface area contributed by atoms with Crippen molar-refractivity contribution in [1.82, 2.24) is 10.2 Å². The number of rotatable bonds is 1. The summed E-state index contributed by atoms with van der Waals surface area (Å²) in [5.74, 6) is 1.58. The standard InChI is InChI=1S/C11H18N2O/c1-7-9(12-3)5-6-10-11(7)13(4)8(2)14-10/h5-8,11-12H,1-4H3. The molecule has 1 heterocycles. The van der Waals surface area contributed by atoms with Gasteiger partial charge in [-0.25, -0.2) is 0 Å². The second kappa shape index (κ2) is 3.31. The van der Waals surface area contributed by atoms with Crippen LogP contribution in [0.25, 0.3) is 0 Å². The lowest BCUT2D eigenvalue weighted by Crippen LogP contribution is -2.39. The van der Waals surface area contributed by atoms with Crippen LogP contribution in [0.15, 0.2) is 23.6 Å². The highest BCUT2D eigenvalue weighted by atomic mass is 16.5. The van der Waals surface area contributed by atoms with Gasteiger partial charge in [-0.15, -0.1) is 0 Å². The number of hydrogen-bond acceptors (Lipinski definition) is 3. The molecule has 0 aromatic carbocycles. The smallest absolute Gasteiger partial charge is 0.149 e. The maximum atomic E-state index is 5.76. The lowest BCUT2D eigenvalue weighted by atomic mass is 9.91. The Labute approximate surface area is 85.4 Å². The van der Waals surface area contributed by atoms with Crippen LogP contribution in [0.5, 0.6) is 0 Å². The molecule has 14 heavy (non-hydrogen) atoms. The number of fused-ring (bicyclic) bond motifs is 1. The average Bonchev–Trinajstić information content (AvgIpc) is 2.44. The van der Waals surface area contributed by atoms with Crippen LogP contribution in [0, 0.1) is 5.92 Å². The van der Waals surface area contributed by atoms with Crippen molar-refractivity contribution in [3.05, 3.63) is 23.6 Å². The van der Waals surface area contributed by atoms with Gasteiger partial charge in [-0.1, -0.05) is 6.92 Å². The molecule has 3 nitrogen and oxygen atoms in total. The largest absolute Gasteiger partial charge is 0.478 e. The van der Waals surface area contributed by atoms with Crippen molar-refractivity contribution in [2.24, 2.45) is 5.92 Å². The van der Waals surface area contributed by atoms with Gasteiger partial charge in [-0.2, -0.15) is 0 Å². The number of hydrogen-bond donors (Lipinski definition) is 1. The lowest BCUT2D eigenvalue weighted by molar-refractivity contribution is 0.0793. The van der Waals surface area contributed by atoms with Crippen molar-refractivity contribution in [3.8, 4) is 0 Å². The summed E-state index contributed by atoms with van der Waals surface area (Å²) in [6.07, 6.45) is 4.39. The average molecular weight is 194 g/mol. The van der Waals surface area contributed by atoms with Crippen LogP contribution in [0.3, 0.4) is 0 Å². The van der Waals surface area contributed by atoms with Gasteiger partial charge >= 0.3 is 0 Å². The lowest BCUT2D eigenvalue weighted by Gasteiger charge is -2.29. The predicted molar refractivity (Wildman–Crippen MR) is 56.5 cm³/mol. The van der Waals surface area contributed by atoms with Gasteiger partial charge in [0.25, 0.3) is 0 Å². The summed E-state index contributed by atoms with van der Waals surface area (Å²) < 4.78 is 5.76. The molecule has 1 saturated heterocycles. The van der Waals surface area contributed by atoms with Gasteiger partial charge in [0.1, 0.15) is 12.0 Å². The fraction of sp³-hybridized carbons (Fsp3) is 0.636. The van der Waals surface area contributed by atoms with Gasteiger partial charge < -0.3 is 10.1 Å². The molecule has 1 fully saturated rings. The normalized spacial score (nSPS) is 37.0. The van der Waals surface area contributed by atoms with Gasteiger partial charge in [0.05, 0.1) is 6.04 Å². The fourth-order valence-corrected chi connectivity index (χ4v) is 2.32. The molecule has 2 rings (SSSR count). The van der Waals surface area contributed by atoms with E-state index in [0.717, 1.165) is 5.76 Å². The third-order valence-electron chi connectivity index (χ3n) is 3.29. The van der Waals surface area contributed by atoms with Gasteiger partial charge in [0.15, 0.2) is 0 Å². The third kappa shape index (κ3) is 1.23. The maximum absolute atomic E-state index is 5.76. The minimum absolute atomic E-state index is 0.193. The zero-order valence-electron chi connectivity index (χ0n) is 9.24. The van der Waals surface area contributed by atoms with E-state index in [4.69, 9.17) is 4.74 Å². The van der Waals surface area contributed by atoms with Crippen molar-refractivity contribution in [2.75, 3.05) is 14.1 Å². The van der Waals surface area contributed by atoms with Crippen LogP contribution < -0.4 is 5.32 Å². The Balaban J connectivity index is 2.28. The summed E-state index contributed by atoms with van der Waals surface area (Å²) >= 11 is 0. The molecule has 1 N–H and O–H groups in total. The Morgan fingerprint density at radius 2 is 2.07 bits per heavy atom. The minimum atomic E-state index is 0.193. The first-order chi connectivity index (χ1) is 6.65. The van der Waals surface area contributed by atoms with E-state index in [-0.39, 0.29) is 6.23 Å². The molecule has 0 radical (unpaired) electrons. The summed E-state index contributed by atoms with van der Waals surface area (Å²) in [4.78, 5) is 2.28. The molecule has 3 atom stereocenters. The SMILES string of the molecule is CNC1=CC=C2OC(C)N(C)C2C1C. The molecule has 3 heteroatoms. The van der Waals surface area contributed by atoms with Crippen molar-refractivity contribution in [1.29, 1.82) is 0 Å². The number of nitrogens with zero attached hydrogens (tertiary/aromatic N) is 1. The monoisotopic (exact) mass is 194 g/mol. The van der Waals surface area contributed by atoms with Crippen molar-refractivity contribution >= 4 is 0 Å². The molecule has 1 aliphatic heterocycles. The van der Waals surface area contributed by atoms with E-state index in [0.29, 0.717) is 12.0 Å². The quantitative estimate of drug-likeness (QED) is 0.681. The van der Waals surface area contributed by atoms with E-state index in [1.165, 1.54) is 5.70 Å². The number of ether oxygens (including phenoxy) is 1. The topological polar surface area (TPSA) is 24.5 Å². The number of nitrogens with one attached hydrogen (secondary N) is 1. The zero-order valence-corrected chi connectivity index (χ0v) is 9.24. The number of likely N-dealkylation sites (N-methyl/N-ethyl adjacent to an activating group) is 1. The summed E-state index contributed by atoms with van der Waals surface area (Å²) in [5.41, 5.74) is 1.28. The van der Waals surface area contributed by atoms with Crippen molar-refractivity contribution in [2.45, 2.75) is 26.1 Å². The summed E-state index contributed by atoms with van der Waals surface area (Å²) in [7, 11) is 4.09. The van der Waals surface area contributed by atoms with Crippen LogP contribution in [0.4, 0.5) is 0 Å². The van der Waals surface area contributed by atoms with E-state index in [1.807, 2.05) is 7.05 Å². The Kier molecular flexibility index (Phi) is 2.27. The second-order valence-electron chi connectivity index (χ2n) is 4.06. The van der Waals surface area contributed by atoms with E-state index in [1.54, 1.807) is 0 Å². The van der Waals surface area contributed by atoms with Crippen LogP contribution in [0.2, 0.25) is 0 Å². The van der Waals surface area contributed by atoms with Gasteiger partial charge in [-0.05, 0) is 26.1 Å². The first-order valence-corrected chi connectivity index (χ1v) is 5.13. The predicted octanol–water partition coefficient (Wildman–Crippen LogP) is 1.30. The highest BCUT2D eigenvalue weighted by Gasteiger charge is 2.39. The first kappa shape index (κ1) is 9.59. The third-order valence-corrected chi connectivity index (χ3v) is 3.29. The Morgan fingerprint density at radius 3 is 2.71 bits per heavy atom. The molecule has 3 unspecified atom stereocenters. The van der Waals surface area contributed by atoms with E-state index in [2.05, 4.69) is 43.3 Å². The fourth-order valence-electron chi connectivity index (χ4n) is 2.32. The van der Waals surface area contributed by atoms with Crippen LogP contribution in [0.1, 0.15) is 13.8 Å². The Hall–Kier alpha value is -0.960. The van der Waals surface area contributed by atoms with E-state index < -0.39 is 0 Å². The second-order valence-corrected chi connectivity index (χ2v) is 4.06. The Bertz CT molecular complexity index is 296. The molecular weight excluding hydrogens is 176 g/mol. The Morgan fingerprint density at radius 1 is 1.36 bits per heavy atom. The van der Waals surface area contributed by atoms with Crippen LogP contribution in [-0.4, -0.2) is 31.3 Å². The van der Waals surface area contributed by atoms with Gasteiger partial charge in [0.2, 0.25) is 0 Å². The van der Waals surface area contributed by atoms with Gasteiger partial charge in [0, 0.05) is 18.7 Å². The highest BCUT2D eigenvalue weighted by Crippen LogP contribution is 2.35. The number of allylic oxidation sites excluding steroid dienone is 2. The highest BCUT2D eigenvalue weighted by molar-refractivity contribution is 5.29. The van der Waals surface area contributed by atoms with E-state index >= 15 is 0 Å². The molecule has 0 spiro atoms.